The van der Waals surface area contributed by atoms with Gasteiger partial charge in [0.15, 0.2) is 16.4 Å². The van der Waals surface area contributed by atoms with Crippen molar-refractivity contribution >= 4 is 21.7 Å². The van der Waals surface area contributed by atoms with Crippen LogP contribution in [0.1, 0.15) is 29.3 Å². The monoisotopic (exact) mass is 416 g/mol. The molecule has 0 aromatic heterocycles. The molecule has 29 heavy (non-hydrogen) atoms. The summed E-state index contributed by atoms with van der Waals surface area (Å²) in [5, 5.41) is 5.56. The Labute approximate surface area is 170 Å². The molecule has 8 heteroatoms. The fourth-order valence-electron chi connectivity index (χ4n) is 3.28. The van der Waals surface area contributed by atoms with Crippen LogP contribution in [0, 0.1) is 0 Å². The largest absolute Gasteiger partial charge is 0.483 e. The van der Waals surface area contributed by atoms with Crippen LogP contribution in [-0.2, 0) is 21.2 Å². The van der Waals surface area contributed by atoms with Crippen molar-refractivity contribution in [1.82, 2.24) is 10.6 Å². The molecule has 0 aliphatic carbocycles. The third kappa shape index (κ3) is 5.80. The summed E-state index contributed by atoms with van der Waals surface area (Å²) < 4.78 is 28.9. The first kappa shape index (κ1) is 20.9. The molecule has 1 atom stereocenters. The first-order valence-corrected chi connectivity index (χ1v) is 11.1. The fraction of sp³-hybridized carbons (Fsp3) is 0.333. The van der Waals surface area contributed by atoms with Crippen LogP contribution in [0.15, 0.2) is 54.6 Å². The third-order valence-corrected chi connectivity index (χ3v) is 6.63. The number of carbonyl (C=O) groups excluding carboxylic acids is 2. The van der Waals surface area contributed by atoms with E-state index in [0.717, 1.165) is 5.56 Å². The zero-order valence-electron chi connectivity index (χ0n) is 16.2. The summed E-state index contributed by atoms with van der Waals surface area (Å²) in [7, 11) is -3.12. The number of nitrogens with one attached hydrogen (secondary N) is 2. The van der Waals surface area contributed by atoms with Gasteiger partial charge in [-0.3, -0.25) is 9.59 Å². The SMILES string of the molecule is CC1(NC(=O)COc2ccccc2C(=O)NCc2ccccc2)CCS(=O)(=O)C1. The standard InChI is InChI=1S/C21H24N2O5S/c1-21(11-12-29(26,27)15-21)23-19(24)14-28-18-10-6-5-9-17(18)20(25)22-13-16-7-3-2-4-8-16/h2-10H,11-15H2,1H3,(H,22,25)(H,23,24). The van der Waals surface area contributed by atoms with E-state index in [1.54, 1.807) is 31.2 Å². The minimum Gasteiger partial charge on any atom is -0.483 e. The highest BCUT2D eigenvalue weighted by atomic mass is 32.2. The molecule has 0 saturated carbocycles. The minimum absolute atomic E-state index is 0.0645. The van der Waals surface area contributed by atoms with Gasteiger partial charge in [0.1, 0.15) is 5.75 Å². The lowest BCUT2D eigenvalue weighted by Gasteiger charge is -2.24. The second kappa shape index (κ2) is 8.65. The fourth-order valence-corrected chi connectivity index (χ4v) is 5.37. The topological polar surface area (TPSA) is 102 Å². The first-order chi connectivity index (χ1) is 13.8. The molecule has 1 aliphatic rings. The molecule has 1 fully saturated rings. The number of hydrogen-bond acceptors (Lipinski definition) is 5. The highest BCUT2D eigenvalue weighted by molar-refractivity contribution is 7.91. The lowest BCUT2D eigenvalue weighted by Crippen LogP contribution is -2.48. The van der Waals surface area contributed by atoms with Gasteiger partial charge in [-0.15, -0.1) is 0 Å². The number of amides is 2. The van der Waals surface area contributed by atoms with E-state index >= 15 is 0 Å². The van der Waals surface area contributed by atoms with Crippen LogP contribution < -0.4 is 15.4 Å². The number of benzene rings is 2. The van der Waals surface area contributed by atoms with Gasteiger partial charge in [0.05, 0.1) is 22.6 Å². The number of para-hydroxylation sites is 1. The van der Waals surface area contributed by atoms with Crippen LogP contribution in [0.5, 0.6) is 5.75 Å². The first-order valence-electron chi connectivity index (χ1n) is 9.32. The lowest BCUT2D eigenvalue weighted by molar-refractivity contribution is -0.124. The van der Waals surface area contributed by atoms with Gasteiger partial charge in [0.2, 0.25) is 0 Å². The van der Waals surface area contributed by atoms with Crippen molar-refractivity contribution in [3.63, 3.8) is 0 Å². The summed E-state index contributed by atoms with van der Waals surface area (Å²) in [6.07, 6.45) is 0.375. The molecule has 1 aliphatic heterocycles. The highest BCUT2D eigenvalue weighted by Gasteiger charge is 2.39. The van der Waals surface area contributed by atoms with E-state index in [1.807, 2.05) is 30.3 Å². The Morgan fingerprint density at radius 1 is 1.07 bits per heavy atom. The van der Waals surface area contributed by atoms with Gasteiger partial charge in [0, 0.05) is 6.54 Å². The summed E-state index contributed by atoms with van der Waals surface area (Å²) >= 11 is 0. The normalized spacial score (nSPS) is 20.0. The predicted molar refractivity (Wildman–Crippen MR) is 109 cm³/mol. The Kier molecular flexibility index (Phi) is 6.22. The van der Waals surface area contributed by atoms with E-state index in [4.69, 9.17) is 4.74 Å². The second-order valence-corrected chi connectivity index (χ2v) is 9.59. The third-order valence-electron chi connectivity index (χ3n) is 4.73. The van der Waals surface area contributed by atoms with Crippen molar-refractivity contribution < 1.29 is 22.7 Å². The van der Waals surface area contributed by atoms with Crippen LogP contribution in [0.2, 0.25) is 0 Å². The van der Waals surface area contributed by atoms with E-state index in [9.17, 15) is 18.0 Å². The van der Waals surface area contributed by atoms with Gasteiger partial charge >= 0.3 is 0 Å². The molecule has 3 rings (SSSR count). The zero-order valence-corrected chi connectivity index (χ0v) is 17.0. The van der Waals surface area contributed by atoms with Crippen molar-refractivity contribution in [2.24, 2.45) is 0 Å². The Morgan fingerprint density at radius 3 is 2.45 bits per heavy atom. The second-order valence-electron chi connectivity index (χ2n) is 7.40. The van der Waals surface area contributed by atoms with Crippen LogP contribution in [0.3, 0.4) is 0 Å². The molecule has 1 heterocycles. The molecule has 1 unspecified atom stereocenters. The van der Waals surface area contributed by atoms with Gasteiger partial charge in [-0.1, -0.05) is 42.5 Å². The van der Waals surface area contributed by atoms with E-state index in [2.05, 4.69) is 10.6 Å². The maximum absolute atomic E-state index is 12.5. The number of hydrogen-bond donors (Lipinski definition) is 2. The van der Waals surface area contributed by atoms with Gasteiger partial charge in [-0.05, 0) is 31.0 Å². The van der Waals surface area contributed by atoms with Crippen LogP contribution in [-0.4, -0.2) is 43.9 Å². The van der Waals surface area contributed by atoms with Gasteiger partial charge in [-0.25, -0.2) is 8.42 Å². The van der Waals surface area contributed by atoms with Crippen LogP contribution in [0.4, 0.5) is 0 Å². The van der Waals surface area contributed by atoms with Crippen LogP contribution in [0.25, 0.3) is 0 Å². The molecule has 7 nitrogen and oxygen atoms in total. The van der Waals surface area contributed by atoms with E-state index in [0.29, 0.717) is 18.5 Å². The molecule has 2 N–H and O–H groups in total. The molecule has 2 amide bonds. The minimum atomic E-state index is -3.12. The van der Waals surface area contributed by atoms with Crippen molar-refractivity contribution in [3.8, 4) is 5.75 Å². The summed E-state index contributed by atoms with van der Waals surface area (Å²) in [5.41, 5.74) is 0.510. The number of carbonyl (C=O) groups is 2. The lowest BCUT2D eigenvalue weighted by atomic mass is 10.0. The summed E-state index contributed by atoms with van der Waals surface area (Å²) in [6, 6.07) is 16.2. The summed E-state index contributed by atoms with van der Waals surface area (Å²) in [5.74, 6) is -0.459. The zero-order chi connectivity index (χ0) is 20.9. The molecule has 1 saturated heterocycles. The number of rotatable bonds is 7. The van der Waals surface area contributed by atoms with E-state index in [-0.39, 0.29) is 29.8 Å². The van der Waals surface area contributed by atoms with Gasteiger partial charge in [-0.2, -0.15) is 0 Å². The number of sulfone groups is 1. The smallest absolute Gasteiger partial charge is 0.258 e. The quantitative estimate of drug-likeness (QED) is 0.715. The van der Waals surface area contributed by atoms with E-state index in [1.165, 1.54) is 0 Å². The Hall–Kier alpha value is -2.87. The molecule has 2 aromatic rings. The molecule has 0 radical (unpaired) electrons. The average Bonchev–Trinajstić information content (AvgIpc) is 2.98. The molecule has 0 spiro atoms. The van der Waals surface area contributed by atoms with Crippen molar-refractivity contribution in [1.29, 1.82) is 0 Å². The average molecular weight is 416 g/mol. The maximum Gasteiger partial charge on any atom is 0.258 e. The molecular formula is C21H24N2O5S. The predicted octanol–water partition coefficient (Wildman–Crippen LogP) is 1.69. The van der Waals surface area contributed by atoms with Gasteiger partial charge < -0.3 is 15.4 Å². The highest BCUT2D eigenvalue weighted by Crippen LogP contribution is 2.23. The van der Waals surface area contributed by atoms with Crippen molar-refractivity contribution in [2.45, 2.75) is 25.4 Å². The van der Waals surface area contributed by atoms with E-state index < -0.39 is 21.3 Å². The van der Waals surface area contributed by atoms with Crippen molar-refractivity contribution in [2.75, 3.05) is 18.1 Å². The molecule has 2 aromatic carbocycles. The van der Waals surface area contributed by atoms with Gasteiger partial charge in [0.25, 0.3) is 11.8 Å². The Balaban J connectivity index is 1.57. The molecule has 0 bridgehead atoms. The Bertz CT molecular complexity index is 991. The Morgan fingerprint density at radius 2 is 1.76 bits per heavy atom. The maximum atomic E-state index is 12.5. The summed E-state index contributed by atoms with van der Waals surface area (Å²) in [6.45, 7) is 1.78. The van der Waals surface area contributed by atoms with Crippen LogP contribution >= 0.6 is 0 Å². The van der Waals surface area contributed by atoms with Crippen molar-refractivity contribution in [3.05, 3.63) is 65.7 Å². The molecular weight excluding hydrogens is 392 g/mol. The number of ether oxygens (including phenoxy) is 1. The summed E-state index contributed by atoms with van der Waals surface area (Å²) in [4.78, 5) is 24.8. The molecule has 154 valence electrons.